The molecule has 4 nitrogen and oxygen atoms in total. The lowest BCUT2D eigenvalue weighted by Crippen LogP contribution is -2.05. The topological polar surface area (TPSA) is 59.3 Å². The summed E-state index contributed by atoms with van der Waals surface area (Å²) in [6.45, 7) is 0. The summed E-state index contributed by atoms with van der Waals surface area (Å²) in [5.41, 5.74) is 1.49. The highest BCUT2D eigenvalue weighted by Crippen LogP contribution is 2.29. The number of methoxy groups -OCH3 is 1. The van der Waals surface area contributed by atoms with Gasteiger partial charge in [0.25, 0.3) is 0 Å². The normalized spacial score (nSPS) is 10.7. The lowest BCUT2D eigenvalue weighted by molar-refractivity contribution is -0.129. The van der Waals surface area contributed by atoms with E-state index in [2.05, 4.69) is 0 Å². The van der Waals surface area contributed by atoms with Crippen molar-refractivity contribution in [3.63, 3.8) is 0 Å². The third-order valence-electron chi connectivity index (χ3n) is 3.05. The van der Waals surface area contributed by atoms with Crippen molar-refractivity contribution in [3.8, 4) is 17.6 Å². The summed E-state index contributed by atoms with van der Waals surface area (Å²) in [6, 6.07) is 14.1. The average Bonchev–Trinajstić information content (AvgIpc) is 2.60. The van der Waals surface area contributed by atoms with Crippen LogP contribution in [0.5, 0.6) is 11.5 Å². The Kier molecular flexibility index (Phi) is 6.18. The summed E-state index contributed by atoms with van der Waals surface area (Å²) in [5.74, 6) is 0.142. The van der Waals surface area contributed by atoms with Gasteiger partial charge >= 0.3 is 5.97 Å². The Morgan fingerprint density at radius 3 is 2.67 bits per heavy atom. The maximum absolute atomic E-state index is 12.0. The molecule has 0 saturated heterocycles. The van der Waals surface area contributed by atoms with Crippen molar-refractivity contribution in [1.29, 1.82) is 5.26 Å². The number of carbonyl (C=O) groups is 1. The van der Waals surface area contributed by atoms with Crippen molar-refractivity contribution in [1.82, 2.24) is 0 Å². The van der Waals surface area contributed by atoms with Crippen molar-refractivity contribution < 1.29 is 14.3 Å². The summed E-state index contributed by atoms with van der Waals surface area (Å²) in [6.07, 6.45) is 5.86. The van der Waals surface area contributed by atoms with E-state index < -0.39 is 5.97 Å². The average molecular weight is 340 g/mol. The van der Waals surface area contributed by atoms with E-state index in [1.807, 2.05) is 18.2 Å². The van der Waals surface area contributed by atoms with E-state index in [0.29, 0.717) is 16.5 Å². The number of esters is 1. The zero-order valence-corrected chi connectivity index (χ0v) is 13.7. The van der Waals surface area contributed by atoms with Gasteiger partial charge in [0, 0.05) is 17.2 Å². The molecule has 0 N–H and O–H groups in total. The molecule has 0 spiro atoms. The Morgan fingerprint density at radius 1 is 1.17 bits per heavy atom. The van der Waals surface area contributed by atoms with Gasteiger partial charge in [-0.3, -0.25) is 0 Å². The second-order valence-electron chi connectivity index (χ2n) is 4.65. The Bertz CT molecular complexity index is 835. The highest BCUT2D eigenvalue weighted by atomic mass is 35.5. The zero-order chi connectivity index (χ0) is 17.4. The standard InChI is InChI=1S/C19H14ClNO3/c1-23-18-13-14(5-4-12-21)8-10-17(18)24-19(22)11-9-15-6-2-3-7-16(15)20/h2-11,13H,1H3. The predicted molar refractivity (Wildman–Crippen MR) is 93.8 cm³/mol. The van der Waals surface area contributed by atoms with Gasteiger partial charge in [-0.25, -0.2) is 4.79 Å². The fraction of sp³-hybridized carbons (Fsp3) is 0.0526. The first-order valence-corrected chi connectivity index (χ1v) is 7.40. The zero-order valence-electron chi connectivity index (χ0n) is 12.9. The van der Waals surface area contributed by atoms with Crippen LogP contribution in [0.2, 0.25) is 5.02 Å². The van der Waals surface area contributed by atoms with Crippen LogP contribution < -0.4 is 9.47 Å². The van der Waals surface area contributed by atoms with E-state index in [-0.39, 0.29) is 0 Å². The minimum Gasteiger partial charge on any atom is -0.493 e. The quantitative estimate of drug-likeness (QED) is 0.348. The summed E-state index contributed by atoms with van der Waals surface area (Å²) in [5, 5.41) is 9.09. The van der Waals surface area contributed by atoms with E-state index >= 15 is 0 Å². The number of hydrogen-bond acceptors (Lipinski definition) is 4. The molecule has 0 aliphatic heterocycles. The molecule has 2 aromatic carbocycles. The van der Waals surface area contributed by atoms with E-state index in [1.165, 1.54) is 19.3 Å². The van der Waals surface area contributed by atoms with Crippen molar-refractivity contribution in [2.24, 2.45) is 0 Å². The van der Waals surface area contributed by atoms with Crippen LogP contribution >= 0.6 is 11.6 Å². The number of hydrogen-bond donors (Lipinski definition) is 0. The molecule has 0 atom stereocenters. The van der Waals surface area contributed by atoms with Gasteiger partial charge < -0.3 is 9.47 Å². The fourth-order valence-electron chi connectivity index (χ4n) is 1.92. The first kappa shape index (κ1) is 17.3. The Balaban J connectivity index is 2.13. The fourth-order valence-corrected chi connectivity index (χ4v) is 2.11. The van der Waals surface area contributed by atoms with Crippen LogP contribution in [0.15, 0.2) is 54.6 Å². The number of rotatable bonds is 5. The molecule has 120 valence electrons. The van der Waals surface area contributed by atoms with Gasteiger partial charge in [-0.15, -0.1) is 0 Å². The highest BCUT2D eigenvalue weighted by molar-refractivity contribution is 6.32. The van der Waals surface area contributed by atoms with E-state index in [9.17, 15) is 4.79 Å². The van der Waals surface area contributed by atoms with Gasteiger partial charge in [0.15, 0.2) is 11.5 Å². The van der Waals surface area contributed by atoms with Gasteiger partial charge in [0.2, 0.25) is 0 Å². The van der Waals surface area contributed by atoms with Gasteiger partial charge in [0.1, 0.15) is 0 Å². The molecule has 0 unspecified atom stereocenters. The largest absolute Gasteiger partial charge is 0.493 e. The SMILES string of the molecule is COc1cc(C=CC#N)ccc1OC(=O)C=Cc1ccccc1Cl. The lowest BCUT2D eigenvalue weighted by atomic mass is 10.2. The first-order valence-electron chi connectivity index (χ1n) is 7.02. The van der Waals surface area contributed by atoms with Crippen LogP contribution in [0.4, 0.5) is 0 Å². The summed E-state index contributed by atoms with van der Waals surface area (Å²) < 4.78 is 10.5. The smallest absolute Gasteiger partial charge is 0.336 e. The van der Waals surface area contributed by atoms with Crippen LogP contribution in [0.25, 0.3) is 12.2 Å². The molecule has 0 heterocycles. The number of nitrogens with zero attached hydrogens (tertiary/aromatic N) is 1. The molecule has 0 saturated carbocycles. The van der Waals surface area contributed by atoms with Crippen molar-refractivity contribution >= 4 is 29.7 Å². The summed E-state index contributed by atoms with van der Waals surface area (Å²) >= 11 is 6.02. The first-order chi connectivity index (χ1) is 11.6. The van der Waals surface area contributed by atoms with Crippen LogP contribution in [0, 0.1) is 11.3 Å². The molecule has 5 heteroatoms. The number of ether oxygens (including phenoxy) is 2. The molecule has 2 aromatic rings. The number of nitriles is 1. The molecule has 0 aliphatic carbocycles. The summed E-state index contributed by atoms with van der Waals surface area (Å²) in [7, 11) is 1.48. The van der Waals surface area contributed by atoms with Crippen LogP contribution in [0.1, 0.15) is 11.1 Å². The van der Waals surface area contributed by atoms with Crippen LogP contribution in [0.3, 0.4) is 0 Å². The third-order valence-corrected chi connectivity index (χ3v) is 3.40. The molecule has 0 radical (unpaired) electrons. The molecule has 0 amide bonds. The van der Waals surface area contributed by atoms with Crippen LogP contribution in [-0.4, -0.2) is 13.1 Å². The molecule has 24 heavy (non-hydrogen) atoms. The predicted octanol–water partition coefficient (Wildman–Crippen LogP) is 4.50. The van der Waals surface area contributed by atoms with E-state index in [1.54, 1.807) is 42.5 Å². The maximum Gasteiger partial charge on any atom is 0.336 e. The lowest BCUT2D eigenvalue weighted by Gasteiger charge is -2.08. The second-order valence-corrected chi connectivity index (χ2v) is 5.06. The van der Waals surface area contributed by atoms with Gasteiger partial charge in [-0.05, 0) is 41.5 Å². The van der Waals surface area contributed by atoms with Gasteiger partial charge in [-0.2, -0.15) is 5.26 Å². The van der Waals surface area contributed by atoms with Gasteiger partial charge in [-0.1, -0.05) is 35.9 Å². The number of halogens is 1. The van der Waals surface area contributed by atoms with E-state index in [4.69, 9.17) is 26.3 Å². The molecule has 0 aromatic heterocycles. The summed E-state index contributed by atoms with van der Waals surface area (Å²) in [4.78, 5) is 12.0. The second kappa shape index (κ2) is 8.56. The molecular formula is C19H14ClNO3. The third kappa shape index (κ3) is 4.73. The Hall–Kier alpha value is -3.03. The molecule has 2 rings (SSSR count). The number of carbonyl (C=O) groups excluding carboxylic acids is 1. The molecular weight excluding hydrogens is 326 g/mol. The van der Waals surface area contributed by atoms with E-state index in [0.717, 1.165) is 11.1 Å². The van der Waals surface area contributed by atoms with Gasteiger partial charge in [0.05, 0.1) is 13.2 Å². The molecule has 0 bridgehead atoms. The molecule has 0 aliphatic rings. The number of allylic oxidation sites excluding steroid dienone is 1. The minimum atomic E-state index is -0.548. The van der Waals surface area contributed by atoms with Crippen molar-refractivity contribution in [2.75, 3.05) is 7.11 Å². The van der Waals surface area contributed by atoms with Crippen molar-refractivity contribution in [3.05, 3.63) is 70.8 Å². The molecule has 0 fully saturated rings. The Morgan fingerprint density at radius 2 is 1.96 bits per heavy atom. The van der Waals surface area contributed by atoms with Crippen molar-refractivity contribution in [2.45, 2.75) is 0 Å². The number of benzene rings is 2. The van der Waals surface area contributed by atoms with Crippen LogP contribution in [-0.2, 0) is 4.79 Å². The Labute approximate surface area is 145 Å². The minimum absolute atomic E-state index is 0.292. The monoisotopic (exact) mass is 339 g/mol. The maximum atomic E-state index is 12.0. The highest BCUT2D eigenvalue weighted by Gasteiger charge is 2.08.